The van der Waals surface area contributed by atoms with Crippen molar-refractivity contribution < 1.29 is 9.59 Å². The zero-order chi connectivity index (χ0) is 21.1. The zero-order valence-corrected chi connectivity index (χ0v) is 17.2. The molecule has 1 aromatic heterocycles. The van der Waals surface area contributed by atoms with Crippen LogP contribution in [0.15, 0.2) is 47.3 Å². The molecular weight excluding hydrogens is 368 g/mol. The smallest absolute Gasteiger partial charge is 0.329 e. The summed E-state index contributed by atoms with van der Waals surface area (Å²) >= 11 is 0. The van der Waals surface area contributed by atoms with Crippen molar-refractivity contribution in [1.82, 2.24) is 14.0 Å². The van der Waals surface area contributed by atoms with Gasteiger partial charge in [-0.1, -0.05) is 24.3 Å². The van der Waals surface area contributed by atoms with E-state index in [-0.39, 0.29) is 30.6 Å². The number of imidazole rings is 1. The fourth-order valence-corrected chi connectivity index (χ4v) is 3.37. The standard InChI is InChI=1S/C22H26N4O3/c1-5-25-18-11-6-7-12-19(18)26(22(25)29)14-21(28)24(4)13-20(27)23-17-10-8-9-15(2)16(17)3/h6-12H,5,13-14H2,1-4H3,(H,23,27). The Bertz CT molecular complexity index is 1130. The van der Waals surface area contributed by atoms with Crippen molar-refractivity contribution in [2.75, 3.05) is 18.9 Å². The highest BCUT2D eigenvalue weighted by Gasteiger charge is 2.18. The number of carbonyl (C=O) groups excluding carboxylic acids is 2. The van der Waals surface area contributed by atoms with E-state index in [1.54, 1.807) is 11.6 Å². The van der Waals surface area contributed by atoms with Gasteiger partial charge in [0.05, 0.1) is 17.6 Å². The van der Waals surface area contributed by atoms with Gasteiger partial charge in [0.1, 0.15) is 6.54 Å². The molecule has 0 bridgehead atoms. The van der Waals surface area contributed by atoms with Gasteiger partial charge >= 0.3 is 5.69 Å². The third-order valence-corrected chi connectivity index (χ3v) is 5.22. The van der Waals surface area contributed by atoms with Crippen molar-refractivity contribution >= 4 is 28.5 Å². The van der Waals surface area contributed by atoms with E-state index < -0.39 is 0 Å². The molecule has 0 unspecified atom stereocenters. The number of aromatic nitrogens is 2. The van der Waals surface area contributed by atoms with E-state index in [0.717, 1.165) is 22.3 Å². The van der Waals surface area contributed by atoms with Crippen LogP contribution in [-0.4, -0.2) is 39.4 Å². The zero-order valence-electron chi connectivity index (χ0n) is 17.2. The summed E-state index contributed by atoms with van der Waals surface area (Å²) in [6.45, 7) is 6.13. The van der Waals surface area contributed by atoms with Crippen LogP contribution in [0, 0.1) is 13.8 Å². The van der Waals surface area contributed by atoms with Crippen LogP contribution in [0.25, 0.3) is 11.0 Å². The topological polar surface area (TPSA) is 76.3 Å². The Morgan fingerprint density at radius 3 is 2.31 bits per heavy atom. The van der Waals surface area contributed by atoms with Gasteiger partial charge in [0, 0.05) is 19.3 Å². The summed E-state index contributed by atoms with van der Waals surface area (Å²) in [5.74, 6) is -0.583. The van der Waals surface area contributed by atoms with Gasteiger partial charge < -0.3 is 10.2 Å². The second-order valence-electron chi connectivity index (χ2n) is 7.15. The Balaban J connectivity index is 1.72. The number of hydrogen-bond donors (Lipinski definition) is 1. The lowest BCUT2D eigenvalue weighted by atomic mass is 10.1. The Morgan fingerprint density at radius 2 is 1.66 bits per heavy atom. The largest absolute Gasteiger partial charge is 0.335 e. The van der Waals surface area contributed by atoms with Crippen molar-refractivity contribution in [2.24, 2.45) is 0 Å². The minimum absolute atomic E-state index is 0.0899. The second kappa shape index (κ2) is 8.34. The fourth-order valence-electron chi connectivity index (χ4n) is 3.37. The first-order valence-electron chi connectivity index (χ1n) is 9.61. The van der Waals surface area contributed by atoms with Crippen LogP contribution in [0.3, 0.4) is 0 Å². The number of rotatable bonds is 6. The summed E-state index contributed by atoms with van der Waals surface area (Å²) in [6, 6.07) is 13.1. The van der Waals surface area contributed by atoms with Gasteiger partial charge in [-0.25, -0.2) is 4.79 Å². The number of amides is 2. The summed E-state index contributed by atoms with van der Waals surface area (Å²) in [5, 5.41) is 2.85. The number of nitrogens with one attached hydrogen (secondary N) is 1. The van der Waals surface area contributed by atoms with Crippen molar-refractivity contribution in [3.63, 3.8) is 0 Å². The summed E-state index contributed by atoms with van der Waals surface area (Å²) in [5.41, 5.74) is 4.09. The number of benzene rings is 2. The molecule has 1 N–H and O–H groups in total. The van der Waals surface area contributed by atoms with Crippen molar-refractivity contribution in [3.05, 3.63) is 64.1 Å². The van der Waals surface area contributed by atoms with Crippen LogP contribution in [-0.2, 0) is 22.7 Å². The lowest BCUT2D eigenvalue weighted by molar-refractivity contribution is -0.133. The first-order valence-corrected chi connectivity index (χ1v) is 9.61. The van der Waals surface area contributed by atoms with E-state index in [2.05, 4.69) is 5.32 Å². The number of hydrogen-bond acceptors (Lipinski definition) is 3. The molecule has 0 fully saturated rings. The van der Waals surface area contributed by atoms with Gasteiger partial charge in [-0.05, 0) is 50.1 Å². The molecule has 3 aromatic rings. The van der Waals surface area contributed by atoms with E-state index in [4.69, 9.17) is 0 Å². The average molecular weight is 394 g/mol. The minimum atomic E-state index is -0.303. The van der Waals surface area contributed by atoms with Gasteiger partial charge in [-0.15, -0.1) is 0 Å². The third kappa shape index (κ3) is 4.08. The van der Waals surface area contributed by atoms with E-state index in [0.29, 0.717) is 12.1 Å². The first-order chi connectivity index (χ1) is 13.8. The maximum Gasteiger partial charge on any atom is 0.329 e. The molecule has 3 rings (SSSR count). The summed E-state index contributed by atoms with van der Waals surface area (Å²) < 4.78 is 3.09. The minimum Gasteiger partial charge on any atom is -0.335 e. The van der Waals surface area contributed by atoms with Crippen LogP contribution in [0.5, 0.6) is 0 Å². The van der Waals surface area contributed by atoms with Crippen LogP contribution < -0.4 is 11.0 Å². The predicted octanol–water partition coefficient (Wildman–Crippen LogP) is 2.54. The van der Waals surface area contributed by atoms with Crippen molar-refractivity contribution in [3.8, 4) is 0 Å². The lowest BCUT2D eigenvalue weighted by Crippen LogP contribution is -2.38. The molecule has 2 amide bonds. The first kappa shape index (κ1) is 20.4. The maximum atomic E-state index is 12.7. The van der Waals surface area contributed by atoms with Gasteiger partial charge in [-0.2, -0.15) is 0 Å². The monoisotopic (exact) mass is 394 g/mol. The molecule has 0 atom stereocenters. The number of fused-ring (bicyclic) bond motifs is 1. The Hall–Kier alpha value is -3.35. The highest BCUT2D eigenvalue weighted by Crippen LogP contribution is 2.18. The van der Waals surface area contributed by atoms with Crippen LogP contribution >= 0.6 is 0 Å². The SMILES string of the molecule is CCn1c(=O)n(CC(=O)N(C)CC(=O)Nc2cccc(C)c2C)c2ccccc21. The van der Waals surface area contributed by atoms with E-state index in [1.807, 2.05) is 63.2 Å². The van der Waals surface area contributed by atoms with E-state index in [9.17, 15) is 14.4 Å². The number of likely N-dealkylation sites (N-methyl/N-ethyl adjacent to an activating group) is 1. The van der Waals surface area contributed by atoms with Crippen molar-refractivity contribution in [1.29, 1.82) is 0 Å². The molecule has 0 saturated carbocycles. The second-order valence-corrected chi connectivity index (χ2v) is 7.15. The molecular formula is C22H26N4O3. The van der Waals surface area contributed by atoms with E-state index >= 15 is 0 Å². The number of anilines is 1. The Labute approximate surface area is 169 Å². The summed E-state index contributed by atoms with van der Waals surface area (Å²) in [6.07, 6.45) is 0. The quantitative estimate of drug-likeness (QED) is 0.698. The molecule has 152 valence electrons. The van der Waals surface area contributed by atoms with Gasteiger partial charge in [0.15, 0.2) is 0 Å². The highest BCUT2D eigenvalue weighted by atomic mass is 16.2. The molecule has 7 nitrogen and oxygen atoms in total. The number of para-hydroxylation sites is 2. The number of aryl methyl sites for hydroxylation is 2. The molecule has 29 heavy (non-hydrogen) atoms. The molecule has 0 aliphatic carbocycles. The highest BCUT2D eigenvalue weighted by molar-refractivity contribution is 5.95. The third-order valence-electron chi connectivity index (χ3n) is 5.22. The van der Waals surface area contributed by atoms with Crippen LogP contribution in [0.2, 0.25) is 0 Å². The summed E-state index contributed by atoms with van der Waals surface area (Å²) in [7, 11) is 1.56. The Morgan fingerprint density at radius 1 is 1.00 bits per heavy atom. The van der Waals surface area contributed by atoms with Gasteiger partial charge in [0.25, 0.3) is 0 Å². The Kier molecular flexibility index (Phi) is 5.87. The molecule has 0 aliphatic rings. The number of carbonyl (C=O) groups is 2. The normalized spacial score (nSPS) is 10.9. The molecule has 0 radical (unpaired) electrons. The summed E-state index contributed by atoms with van der Waals surface area (Å²) in [4.78, 5) is 39.1. The molecule has 2 aromatic carbocycles. The van der Waals surface area contributed by atoms with Crippen LogP contribution in [0.4, 0.5) is 5.69 Å². The van der Waals surface area contributed by atoms with E-state index in [1.165, 1.54) is 9.47 Å². The van der Waals surface area contributed by atoms with Crippen molar-refractivity contribution in [2.45, 2.75) is 33.9 Å². The fraction of sp³-hybridized carbons (Fsp3) is 0.318. The van der Waals surface area contributed by atoms with Gasteiger partial charge in [0.2, 0.25) is 11.8 Å². The molecule has 0 aliphatic heterocycles. The van der Waals surface area contributed by atoms with Crippen LogP contribution in [0.1, 0.15) is 18.1 Å². The van der Waals surface area contributed by atoms with Gasteiger partial charge in [-0.3, -0.25) is 18.7 Å². The molecule has 7 heteroatoms. The predicted molar refractivity (Wildman–Crippen MR) is 114 cm³/mol. The maximum absolute atomic E-state index is 12.7. The average Bonchev–Trinajstić information content (AvgIpc) is 2.96. The lowest BCUT2D eigenvalue weighted by Gasteiger charge is -2.18. The number of nitrogens with zero attached hydrogens (tertiary/aromatic N) is 3. The molecule has 1 heterocycles. The molecule has 0 saturated heterocycles. The molecule has 0 spiro atoms.